The Hall–Kier alpha value is -0.750. The minimum absolute atomic E-state index is 0.305. The summed E-state index contributed by atoms with van der Waals surface area (Å²) in [7, 11) is 0. The highest BCUT2D eigenvalue weighted by atomic mass is 19.3. The SMILES string of the molecule is NCCCNCC(F)(F)C(=O)O. The van der Waals surface area contributed by atoms with Crippen LogP contribution in [0.2, 0.25) is 0 Å². The Morgan fingerprint density at radius 3 is 2.58 bits per heavy atom. The van der Waals surface area contributed by atoms with Gasteiger partial charge in [-0.2, -0.15) is 8.78 Å². The van der Waals surface area contributed by atoms with Crippen molar-refractivity contribution in [1.82, 2.24) is 5.32 Å². The molecule has 0 aromatic heterocycles. The quantitative estimate of drug-likeness (QED) is 0.490. The second-order valence-electron chi connectivity index (χ2n) is 2.33. The zero-order chi connectivity index (χ0) is 9.61. The number of carboxylic acid groups (broad SMARTS) is 1. The fraction of sp³-hybridized carbons (Fsp3) is 0.833. The Bertz CT molecular complexity index is 152. The maximum absolute atomic E-state index is 12.3. The summed E-state index contributed by atoms with van der Waals surface area (Å²) in [5, 5.41) is 10.3. The molecule has 0 rings (SSSR count). The van der Waals surface area contributed by atoms with Gasteiger partial charge in [-0.25, -0.2) is 4.79 Å². The van der Waals surface area contributed by atoms with Gasteiger partial charge in [-0.1, -0.05) is 0 Å². The van der Waals surface area contributed by atoms with Crippen molar-refractivity contribution in [1.29, 1.82) is 0 Å². The van der Waals surface area contributed by atoms with E-state index in [0.717, 1.165) is 0 Å². The molecule has 0 fully saturated rings. The maximum Gasteiger partial charge on any atom is 0.375 e. The molecule has 0 aliphatic rings. The monoisotopic (exact) mass is 182 g/mol. The van der Waals surface area contributed by atoms with Crippen LogP contribution in [0.15, 0.2) is 0 Å². The van der Waals surface area contributed by atoms with Crippen LogP contribution in [0.4, 0.5) is 8.78 Å². The zero-order valence-corrected chi connectivity index (χ0v) is 6.52. The lowest BCUT2D eigenvalue weighted by molar-refractivity contribution is -0.163. The van der Waals surface area contributed by atoms with Crippen molar-refractivity contribution >= 4 is 5.97 Å². The van der Waals surface area contributed by atoms with E-state index in [0.29, 0.717) is 19.5 Å². The Morgan fingerprint density at radius 1 is 1.58 bits per heavy atom. The first-order chi connectivity index (χ1) is 5.50. The summed E-state index contributed by atoms with van der Waals surface area (Å²) < 4.78 is 24.6. The molecule has 0 aliphatic heterocycles. The van der Waals surface area contributed by atoms with Crippen LogP contribution in [0.1, 0.15) is 6.42 Å². The number of nitrogens with two attached hydrogens (primary N) is 1. The molecule has 0 atom stereocenters. The number of rotatable bonds is 6. The Labute approximate surface area is 68.7 Å². The van der Waals surface area contributed by atoms with Gasteiger partial charge in [-0.05, 0) is 19.5 Å². The van der Waals surface area contributed by atoms with Crippen molar-refractivity contribution in [3.63, 3.8) is 0 Å². The minimum Gasteiger partial charge on any atom is -0.477 e. The second-order valence-corrected chi connectivity index (χ2v) is 2.33. The molecular weight excluding hydrogens is 170 g/mol. The van der Waals surface area contributed by atoms with Crippen LogP contribution in [0.5, 0.6) is 0 Å². The number of nitrogens with one attached hydrogen (secondary N) is 1. The van der Waals surface area contributed by atoms with Crippen LogP contribution in [-0.2, 0) is 4.79 Å². The first-order valence-corrected chi connectivity index (χ1v) is 3.52. The zero-order valence-electron chi connectivity index (χ0n) is 6.52. The van der Waals surface area contributed by atoms with E-state index in [2.05, 4.69) is 5.32 Å². The van der Waals surface area contributed by atoms with E-state index in [4.69, 9.17) is 10.8 Å². The topological polar surface area (TPSA) is 75.3 Å². The average molecular weight is 182 g/mol. The number of carbonyl (C=O) groups is 1. The third-order valence-corrected chi connectivity index (χ3v) is 1.22. The molecule has 72 valence electrons. The first-order valence-electron chi connectivity index (χ1n) is 3.52. The lowest BCUT2D eigenvalue weighted by Gasteiger charge is -2.11. The van der Waals surface area contributed by atoms with Crippen molar-refractivity contribution in [2.45, 2.75) is 12.3 Å². The number of hydrogen-bond donors (Lipinski definition) is 3. The predicted octanol–water partition coefficient (Wildman–Crippen LogP) is -0.355. The molecule has 0 bridgehead atoms. The Kier molecular flexibility index (Phi) is 4.68. The van der Waals surface area contributed by atoms with Crippen LogP contribution in [0, 0.1) is 0 Å². The first kappa shape index (κ1) is 11.2. The van der Waals surface area contributed by atoms with Crippen LogP contribution in [0.25, 0.3) is 0 Å². The van der Waals surface area contributed by atoms with Gasteiger partial charge in [0.1, 0.15) is 0 Å². The van der Waals surface area contributed by atoms with Gasteiger partial charge in [0.25, 0.3) is 0 Å². The molecule has 0 spiro atoms. The highest BCUT2D eigenvalue weighted by molar-refractivity contribution is 5.75. The van der Waals surface area contributed by atoms with Gasteiger partial charge in [-0.15, -0.1) is 0 Å². The molecule has 0 aromatic carbocycles. The molecule has 0 amide bonds. The summed E-state index contributed by atoms with van der Waals surface area (Å²) in [6.07, 6.45) is 0.551. The Balaban J connectivity index is 3.54. The predicted molar refractivity (Wildman–Crippen MR) is 39.1 cm³/mol. The molecule has 4 nitrogen and oxygen atoms in total. The second kappa shape index (κ2) is 5.00. The van der Waals surface area contributed by atoms with Gasteiger partial charge >= 0.3 is 11.9 Å². The highest BCUT2D eigenvalue weighted by Gasteiger charge is 2.37. The van der Waals surface area contributed by atoms with Crippen LogP contribution < -0.4 is 11.1 Å². The normalized spacial score (nSPS) is 11.6. The molecule has 0 aliphatic carbocycles. The molecule has 12 heavy (non-hydrogen) atoms. The summed E-state index contributed by atoms with van der Waals surface area (Å²) >= 11 is 0. The van der Waals surface area contributed by atoms with Crippen molar-refractivity contribution in [2.24, 2.45) is 5.73 Å². The minimum atomic E-state index is -3.69. The van der Waals surface area contributed by atoms with E-state index in [1.165, 1.54) is 0 Å². The summed E-state index contributed by atoms with van der Waals surface area (Å²) in [5.74, 6) is -5.79. The molecule has 0 unspecified atom stereocenters. The highest BCUT2D eigenvalue weighted by Crippen LogP contribution is 2.11. The van der Waals surface area contributed by atoms with Crippen LogP contribution >= 0.6 is 0 Å². The van der Waals surface area contributed by atoms with E-state index in [1.54, 1.807) is 0 Å². The van der Waals surface area contributed by atoms with Gasteiger partial charge in [-0.3, -0.25) is 0 Å². The van der Waals surface area contributed by atoms with Gasteiger partial charge < -0.3 is 16.2 Å². The molecule has 4 N–H and O–H groups in total. The van der Waals surface area contributed by atoms with Crippen molar-refractivity contribution in [3.8, 4) is 0 Å². The molecule has 0 saturated heterocycles. The summed E-state index contributed by atoms with van der Waals surface area (Å²) in [6.45, 7) is -0.145. The van der Waals surface area contributed by atoms with E-state index in [-0.39, 0.29) is 0 Å². The lowest BCUT2D eigenvalue weighted by atomic mass is 10.3. The molecule has 0 aromatic rings. The number of halogens is 2. The van der Waals surface area contributed by atoms with Gasteiger partial charge in [0.05, 0.1) is 6.54 Å². The fourth-order valence-electron chi connectivity index (χ4n) is 0.548. The van der Waals surface area contributed by atoms with E-state index in [9.17, 15) is 13.6 Å². The summed E-state index contributed by atoms with van der Waals surface area (Å²) in [6, 6.07) is 0. The third kappa shape index (κ3) is 4.20. The number of hydrogen-bond acceptors (Lipinski definition) is 3. The van der Waals surface area contributed by atoms with Crippen LogP contribution in [0.3, 0.4) is 0 Å². The lowest BCUT2D eigenvalue weighted by Crippen LogP contribution is -2.40. The third-order valence-electron chi connectivity index (χ3n) is 1.22. The van der Waals surface area contributed by atoms with E-state index < -0.39 is 18.4 Å². The average Bonchev–Trinajstić information content (AvgIpc) is 1.98. The van der Waals surface area contributed by atoms with E-state index >= 15 is 0 Å². The Morgan fingerprint density at radius 2 is 2.17 bits per heavy atom. The maximum atomic E-state index is 12.3. The van der Waals surface area contributed by atoms with Gasteiger partial charge in [0.2, 0.25) is 0 Å². The van der Waals surface area contributed by atoms with Crippen molar-refractivity contribution < 1.29 is 18.7 Å². The molecule has 0 heterocycles. The number of alkyl halides is 2. The number of carboxylic acids is 1. The summed E-state index contributed by atoms with van der Waals surface area (Å²) in [5.41, 5.74) is 5.09. The molecule has 0 saturated carbocycles. The smallest absolute Gasteiger partial charge is 0.375 e. The molecule has 0 radical (unpaired) electrons. The van der Waals surface area contributed by atoms with Gasteiger partial charge in [0, 0.05) is 0 Å². The van der Waals surface area contributed by atoms with Crippen molar-refractivity contribution in [2.75, 3.05) is 19.6 Å². The molecule has 6 heteroatoms. The fourth-order valence-corrected chi connectivity index (χ4v) is 0.548. The number of aliphatic carboxylic acids is 1. The van der Waals surface area contributed by atoms with E-state index in [1.807, 2.05) is 0 Å². The summed E-state index contributed by atoms with van der Waals surface area (Å²) in [4.78, 5) is 9.87. The largest absolute Gasteiger partial charge is 0.477 e. The van der Waals surface area contributed by atoms with Crippen molar-refractivity contribution in [3.05, 3.63) is 0 Å². The molecular formula is C6H12F2N2O2. The van der Waals surface area contributed by atoms with Gasteiger partial charge in [0.15, 0.2) is 0 Å². The standard InChI is InChI=1S/C6H12F2N2O2/c7-6(8,5(11)12)4-10-3-1-2-9/h10H,1-4,9H2,(H,11,12). The van der Waals surface area contributed by atoms with Crippen LogP contribution in [-0.4, -0.2) is 36.6 Å².